The third kappa shape index (κ3) is 3.45. The van der Waals surface area contributed by atoms with E-state index in [9.17, 15) is 8.42 Å². The van der Waals surface area contributed by atoms with E-state index in [4.69, 9.17) is 28.9 Å². The lowest BCUT2D eigenvalue weighted by Crippen LogP contribution is -2.30. The van der Waals surface area contributed by atoms with E-state index in [2.05, 4.69) is 0 Å². The van der Waals surface area contributed by atoms with Crippen LogP contribution in [0, 0.1) is 0 Å². The fourth-order valence-corrected chi connectivity index (χ4v) is 4.03. The van der Waals surface area contributed by atoms with Crippen molar-refractivity contribution in [2.75, 3.05) is 31.3 Å². The largest absolute Gasteiger partial charge is 0.398 e. The van der Waals surface area contributed by atoms with E-state index in [1.54, 1.807) is 11.8 Å². The van der Waals surface area contributed by atoms with E-state index < -0.39 is 10.0 Å². The number of nitrogens with zero attached hydrogens (tertiary/aromatic N) is 1. The lowest BCUT2D eigenvalue weighted by molar-refractivity contribution is 0.489. The molecule has 0 aliphatic heterocycles. The van der Waals surface area contributed by atoms with E-state index in [1.165, 1.54) is 23.5 Å². The van der Waals surface area contributed by atoms with Crippen molar-refractivity contribution < 1.29 is 8.42 Å². The second kappa shape index (κ2) is 6.34. The molecular weight excluding hydrogens is 315 g/mol. The molecule has 0 unspecified atom stereocenters. The molecule has 0 bridgehead atoms. The molecule has 0 radical (unpaired) electrons. The minimum Gasteiger partial charge on any atom is -0.398 e. The Kier molecular flexibility index (Phi) is 5.61. The molecule has 0 saturated carbocycles. The predicted molar refractivity (Wildman–Crippen MR) is 79.1 cm³/mol. The van der Waals surface area contributed by atoms with Crippen LogP contribution in [-0.2, 0) is 10.0 Å². The number of benzene rings is 1. The number of hydrogen-bond acceptors (Lipinski definition) is 4. The van der Waals surface area contributed by atoms with Gasteiger partial charge in [-0.2, -0.15) is 16.1 Å². The molecule has 0 atom stereocenters. The Balaban J connectivity index is 3.20. The van der Waals surface area contributed by atoms with Crippen molar-refractivity contribution in [2.45, 2.75) is 4.90 Å². The monoisotopic (exact) mass is 328 g/mol. The molecule has 0 aliphatic carbocycles. The van der Waals surface area contributed by atoms with Gasteiger partial charge < -0.3 is 5.73 Å². The van der Waals surface area contributed by atoms with Crippen LogP contribution in [0.4, 0.5) is 5.69 Å². The molecule has 0 aromatic heterocycles. The molecule has 1 rings (SSSR count). The van der Waals surface area contributed by atoms with Gasteiger partial charge in [0, 0.05) is 24.4 Å². The molecular formula is C10H14Cl2N2O2S2. The SMILES string of the molecule is CSCCN(C)S(=O)(=O)c1c(N)cc(Cl)cc1Cl. The third-order valence-corrected chi connectivity index (χ3v) is 5.51. The number of thioether (sulfide) groups is 1. The smallest absolute Gasteiger partial charge is 0.246 e. The zero-order valence-corrected chi connectivity index (χ0v) is 13.1. The maximum Gasteiger partial charge on any atom is 0.246 e. The zero-order valence-electron chi connectivity index (χ0n) is 9.98. The molecule has 2 N–H and O–H groups in total. The topological polar surface area (TPSA) is 63.4 Å². The first kappa shape index (κ1) is 15.9. The summed E-state index contributed by atoms with van der Waals surface area (Å²) < 4.78 is 25.8. The second-order valence-electron chi connectivity index (χ2n) is 3.63. The summed E-state index contributed by atoms with van der Waals surface area (Å²) in [6, 6.07) is 2.75. The first-order valence-electron chi connectivity index (χ1n) is 5.00. The highest BCUT2D eigenvalue weighted by Crippen LogP contribution is 2.32. The van der Waals surface area contributed by atoms with Crippen LogP contribution in [0.2, 0.25) is 10.0 Å². The zero-order chi connectivity index (χ0) is 13.9. The summed E-state index contributed by atoms with van der Waals surface area (Å²) in [5.41, 5.74) is 5.75. The Morgan fingerprint density at radius 3 is 2.50 bits per heavy atom. The summed E-state index contributed by atoms with van der Waals surface area (Å²) in [4.78, 5) is -0.0860. The van der Waals surface area contributed by atoms with Crippen molar-refractivity contribution in [3.8, 4) is 0 Å². The highest BCUT2D eigenvalue weighted by atomic mass is 35.5. The normalized spacial score (nSPS) is 12.1. The minimum absolute atomic E-state index is 0.0380. The van der Waals surface area contributed by atoms with Crippen molar-refractivity contribution in [1.82, 2.24) is 4.31 Å². The van der Waals surface area contributed by atoms with Crippen LogP contribution in [0.5, 0.6) is 0 Å². The van der Waals surface area contributed by atoms with Crippen LogP contribution in [0.15, 0.2) is 17.0 Å². The molecule has 0 saturated heterocycles. The fourth-order valence-electron chi connectivity index (χ4n) is 1.35. The van der Waals surface area contributed by atoms with Crippen LogP contribution in [0.25, 0.3) is 0 Å². The molecule has 0 aliphatic rings. The number of nitrogens with two attached hydrogens (primary N) is 1. The van der Waals surface area contributed by atoms with E-state index in [-0.39, 0.29) is 15.6 Å². The van der Waals surface area contributed by atoms with Gasteiger partial charge >= 0.3 is 0 Å². The Bertz CT molecular complexity index is 512. The number of anilines is 1. The summed E-state index contributed by atoms with van der Waals surface area (Å²) >= 11 is 13.2. The quantitative estimate of drug-likeness (QED) is 0.844. The van der Waals surface area contributed by atoms with Gasteiger partial charge in [0.2, 0.25) is 10.0 Å². The minimum atomic E-state index is -3.68. The maximum atomic E-state index is 12.3. The van der Waals surface area contributed by atoms with Crippen LogP contribution in [0.1, 0.15) is 0 Å². The van der Waals surface area contributed by atoms with Gasteiger partial charge in [0.05, 0.1) is 10.7 Å². The van der Waals surface area contributed by atoms with Crippen LogP contribution in [0.3, 0.4) is 0 Å². The average molecular weight is 329 g/mol. The second-order valence-corrected chi connectivity index (χ2v) is 7.44. The summed E-state index contributed by atoms with van der Waals surface area (Å²) in [5.74, 6) is 0.695. The Morgan fingerprint density at radius 2 is 2.00 bits per heavy atom. The first-order valence-corrected chi connectivity index (χ1v) is 8.59. The molecule has 0 heterocycles. The highest BCUT2D eigenvalue weighted by Gasteiger charge is 2.26. The lowest BCUT2D eigenvalue weighted by Gasteiger charge is -2.18. The molecule has 0 amide bonds. The molecule has 0 fully saturated rings. The molecule has 1 aromatic rings. The number of rotatable bonds is 5. The Hall–Kier alpha value is -0.140. The molecule has 8 heteroatoms. The van der Waals surface area contributed by atoms with E-state index >= 15 is 0 Å². The number of hydrogen-bond donors (Lipinski definition) is 1. The van der Waals surface area contributed by atoms with Gasteiger partial charge in [-0.1, -0.05) is 23.2 Å². The van der Waals surface area contributed by atoms with Crippen molar-refractivity contribution in [2.24, 2.45) is 0 Å². The fraction of sp³-hybridized carbons (Fsp3) is 0.400. The van der Waals surface area contributed by atoms with Crippen molar-refractivity contribution in [3.05, 3.63) is 22.2 Å². The van der Waals surface area contributed by atoms with Crippen LogP contribution >= 0.6 is 35.0 Å². The summed E-state index contributed by atoms with van der Waals surface area (Å²) in [7, 11) is -2.19. The number of sulfonamides is 1. The Labute approximate surface area is 121 Å². The molecule has 4 nitrogen and oxygen atoms in total. The van der Waals surface area contributed by atoms with Gasteiger partial charge in [-0.3, -0.25) is 0 Å². The molecule has 1 aromatic carbocycles. The number of halogens is 2. The van der Waals surface area contributed by atoms with Gasteiger partial charge in [-0.05, 0) is 18.4 Å². The lowest BCUT2D eigenvalue weighted by atomic mass is 10.3. The van der Waals surface area contributed by atoms with E-state index in [0.29, 0.717) is 17.3 Å². The van der Waals surface area contributed by atoms with Gasteiger partial charge in [0.25, 0.3) is 0 Å². The van der Waals surface area contributed by atoms with Gasteiger partial charge in [-0.15, -0.1) is 0 Å². The number of nitrogen functional groups attached to an aromatic ring is 1. The standard InChI is InChI=1S/C10H14Cl2N2O2S2/c1-14(3-4-17-2)18(15,16)10-8(12)5-7(11)6-9(10)13/h5-6H,3-4,13H2,1-2H3. The first-order chi connectivity index (χ1) is 8.30. The van der Waals surface area contributed by atoms with Crippen molar-refractivity contribution in [1.29, 1.82) is 0 Å². The summed E-state index contributed by atoms with van der Waals surface area (Å²) in [5, 5.41) is 0.346. The molecule has 102 valence electrons. The van der Waals surface area contributed by atoms with Gasteiger partial charge in [-0.25, -0.2) is 8.42 Å². The summed E-state index contributed by atoms with van der Waals surface area (Å²) in [6.45, 7) is 0.391. The maximum absolute atomic E-state index is 12.3. The molecule has 0 spiro atoms. The van der Waals surface area contributed by atoms with E-state index in [0.717, 1.165) is 0 Å². The van der Waals surface area contributed by atoms with Crippen molar-refractivity contribution >= 4 is 50.7 Å². The van der Waals surface area contributed by atoms with Crippen molar-refractivity contribution in [3.63, 3.8) is 0 Å². The van der Waals surface area contributed by atoms with Gasteiger partial charge in [0.15, 0.2) is 0 Å². The van der Waals surface area contributed by atoms with Crippen LogP contribution < -0.4 is 5.73 Å². The Morgan fingerprint density at radius 1 is 1.39 bits per heavy atom. The summed E-state index contributed by atoms with van der Waals surface area (Å²) in [6.07, 6.45) is 1.91. The predicted octanol–water partition coefficient (Wildman–Crippen LogP) is 2.56. The highest BCUT2D eigenvalue weighted by molar-refractivity contribution is 7.98. The average Bonchev–Trinajstić information content (AvgIpc) is 2.23. The third-order valence-electron chi connectivity index (χ3n) is 2.32. The van der Waals surface area contributed by atoms with Crippen LogP contribution in [-0.4, -0.2) is 38.3 Å². The van der Waals surface area contributed by atoms with E-state index in [1.807, 2.05) is 6.26 Å². The molecule has 18 heavy (non-hydrogen) atoms. The van der Waals surface area contributed by atoms with Gasteiger partial charge in [0.1, 0.15) is 4.90 Å².